The molecule has 0 N–H and O–H groups in total. The lowest BCUT2D eigenvalue weighted by Crippen LogP contribution is -2.03. The summed E-state index contributed by atoms with van der Waals surface area (Å²) in [7, 11) is 0. The van der Waals surface area contributed by atoms with Crippen LogP contribution in [0.5, 0.6) is 0 Å². The van der Waals surface area contributed by atoms with Crippen LogP contribution in [-0.2, 0) is 0 Å². The van der Waals surface area contributed by atoms with Crippen molar-refractivity contribution in [2.24, 2.45) is 0 Å². The van der Waals surface area contributed by atoms with Gasteiger partial charge in [0.1, 0.15) is 0 Å². The van der Waals surface area contributed by atoms with Crippen LogP contribution < -0.4 is 0 Å². The highest BCUT2D eigenvalue weighted by molar-refractivity contribution is 6.10. The molecule has 0 aliphatic heterocycles. The van der Waals surface area contributed by atoms with Crippen molar-refractivity contribution < 1.29 is 0 Å². The Morgan fingerprint density at radius 3 is 1.16 bits per heavy atom. The topological polar surface area (TPSA) is 82.3 Å². The Morgan fingerprint density at radius 1 is 0.273 bits per heavy atom. The third kappa shape index (κ3) is 5.99. The van der Waals surface area contributed by atoms with Crippen molar-refractivity contribution in [3.05, 3.63) is 188 Å². The fourth-order valence-corrected chi connectivity index (χ4v) is 7.10. The van der Waals surface area contributed by atoms with Gasteiger partial charge in [0, 0.05) is 44.2 Å². The number of nitrogens with zero attached hydrogens (tertiary/aromatic N) is 7. The van der Waals surface area contributed by atoms with Crippen LogP contribution in [0.1, 0.15) is 0 Å². The molecule has 0 aliphatic rings. The van der Waals surface area contributed by atoms with Gasteiger partial charge in [-0.3, -0.25) is 0 Å². The average molecular weight is 706 g/mol. The van der Waals surface area contributed by atoms with E-state index in [2.05, 4.69) is 65.2 Å². The van der Waals surface area contributed by atoms with E-state index in [4.69, 9.17) is 29.9 Å². The molecule has 258 valence electrons. The molecule has 0 saturated carbocycles. The normalized spacial score (nSPS) is 11.3. The molecule has 3 aromatic heterocycles. The molecule has 0 bridgehead atoms. The van der Waals surface area contributed by atoms with Gasteiger partial charge in [-0.15, -0.1) is 0 Å². The van der Waals surface area contributed by atoms with Crippen LogP contribution in [0.15, 0.2) is 188 Å². The Hall–Kier alpha value is -7.64. The summed E-state index contributed by atoms with van der Waals surface area (Å²) in [6.45, 7) is 0. The Kier molecular flexibility index (Phi) is 8.00. The molecule has 55 heavy (non-hydrogen) atoms. The molecular weight excluding hydrogens is 675 g/mol. The zero-order valence-corrected chi connectivity index (χ0v) is 29.5. The molecule has 10 aromatic rings. The minimum Gasteiger partial charge on any atom is -0.309 e. The standard InChI is InChI=1S/C48H31N7/c1-5-17-32(18-6-1)43-49-44(33-19-7-2-8-20-33)52-47(51-43)36-29-30-42-39(31-36)37-25-13-15-27-40(37)55(42)41-28-16-14-26-38(41)48-53-45(34-21-9-3-10-22-34)50-46(54-48)35-23-11-4-12-24-35/h1-31H. The number of aromatic nitrogens is 7. The summed E-state index contributed by atoms with van der Waals surface area (Å²) in [6, 6.07) is 63.5. The summed E-state index contributed by atoms with van der Waals surface area (Å²) in [5.74, 6) is 3.70. The van der Waals surface area contributed by atoms with Crippen LogP contribution in [0.25, 0.3) is 95.8 Å². The highest BCUT2D eigenvalue weighted by Crippen LogP contribution is 2.38. The lowest BCUT2D eigenvalue weighted by Gasteiger charge is -2.14. The second-order valence-electron chi connectivity index (χ2n) is 13.2. The van der Waals surface area contributed by atoms with E-state index in [1.54, 1.807) is 0 Å². The van der Waals surface area contributed by atoms with Crippen LogP contribution in [0, 0.1) is 0 Å². The molecule has 7 heteroatoms. The van der Waals surface area contributed by atoms with E-state index in [0.717, 1.165) is 60.9 Å². The summed E-state index contributed by atoms with van der Waals surface area (Å²) in [5, 5.41) is 2.19. The zero-order chi connectivity index (χ0) is 36.6. The molecule has 0 radical (unpaired) electrons. The van der Waals surface area contributed by atoms with Crippen LogP contribution in [0.3, 0.4) is 0 Å². The summed E-state index contributed by atoms with van der Waals surface area (Å²) in [6.07, 6.45) is 0. The van der Waals surface area contributed by atoms with Crippen LogP contribution in [0.4, 0.5) is 0 Å². The molecule has 0 spiro atoms. The third-order valence-corrected chi connectivity index (χ3v) is 9.72. The number of hydrogen-bond donors (Lipinski definition) is 0. The van der Waals surface area contributed by atoms with E-state index in [1.165, 1.54) is 0 Å². The molecule has 0 saturated heterocycles. The van der Waals surface area contributed by atoms with Gasteiger partial charge in [-0.1, -0.05) is 152 Å². The van der Waals surface area contributed by atoms with E-state index in [-0.39, 0.29) is 0 Å². The number of fused-ring (bicyclic) bond motifs is 3. The largest absolute Gasteiger partial charge is 0.309 e. The highest BCUT2D eigenvalue weighted by Gasteiger charge is 2.20. The molecular formula is C48H31N7. The molecule has 7 aromatic carbocycles. The lowest BCUT2D eigenvalue weighted by atomic mass is 10.1. The monoisotopic (exact) mass is 705 g/mol. The van der Waals surface area contributed by atoms with Gasteiger partial charge in [-0.05, 0) is 36.4 Å². The van der Waals surface area contributed by atoms with Crippen molar-refractivity contribution in [3.8, 4) is 74.0 Å². The number of para-hydroxylation sites is 2. The smallest absolute Gasteiger partial charge is 0.166 e. The molecule has 0 unspecified atom stereocenters. The van der Waals surface area contributed by atoms with E-state index in [1.807, 2.05) is 127 Å². The maximum absolute atomic E-state index is 5.09. The first-order chi connectivity index (χ1) is 27.3. The second kappa shape index (κ2) is 13.7. The maximum atomic E-state index is 5.09. The second-order valence-corrected chi connectivity index (χ2v) is 13.2. The van der Waals surface area contributed by atoms with Gasteiger partial charge >= 0.3 is 0 Å². The quantitative estimate of drug-likeness (QED) is 0.164. The Bertz CT molecular complexity index is 2850. The fraction of sp³-hybridized carbons (Fsp3) is 0. The van der Waals surface area contributed by atoms with E-state index >= 15 is 0 Å². The van der Waals surface area contributed by atoms with Crippen LogP contribution in [0.2, 0.25) is 0 Å². The SMILES string of the molecule is c1ccc(-c2nc(-c3ccccc3)nc(-c3ccc4c(c3)c3ccccc3n4-c3ccccc3-c3nc(-c4ccccc4)nc(-c4ccccc4)n3)n2)cc1. The van der Waals surface area contributed by atoms with Gasteiger partial charge in [0.2, 0.25) is 0 Å². The highest BCUT2D eigenvalue weighted by atomic mass is 15.1. The van der Waals surface area contributed by atoms with E-state index in [0.29, 0.717) is 34.9 Å². The summed E-state index contributed by atoms with van der Waals surface area (Å²) in [5.41, 5.74) is 8.57. The Balaban J connectivity index is 1.16. The first-order valence-electron chi connectivity index (χ1n) is 18.1. The average Bonchev–Trinajstić information content (AvgIpc) is 3.61. The van der Waals surface area contributed by atoms with Gasteiger partial charge in [-0.2, -0.15) is 0 Å². The molecule has 0 atom stereocenters. The fourth-order valence-electron chi connectivity index (χ4n) is 7.10. The molecule has 10 rings (SSSR count). The molecule has 7 nitrogen and oxygen atoms in total. The van der Waals surface area contributed by atoms with E-state index in [9.17, 15) is 0 Å². The predicted molar refractivity (Wildman–Crippen MR) is 220 cm³/mol. The number of rotatable bonds is 7. The summed E-state index contributed by atoms with van der Waals surface area (Å²) >= 11 is 0. The van der Waals surface area contributed by atoms with Crippen LogP contribution >= 0.6 is 0 Å². The molecule has 0 amide bonds. The molecule has 3 heterocycles. The summed E-state index contributed by atoms with van der Waals surface area (Å²) in [4.78, 5) is 30.1. The van der Waals surface area contributed by atoms with Gasteiger partial charge in [0.15, 0.2) is 34.9 Å². The molecule has 0 fully saturated rings. The van der Waals surface area contributed by atoms with Gasteiger partial charge in [-0.25, -0.2) is 29.9 Å². The number of hydrogen-bond acceptors (Lipinski definition) is 6. The first kappa shape index (κ1) is 32.0. The third-order valence-electron chi connectivity index (χ3n) is 9.72. The minimum atomic E-state index is 0.595. The van der Waals surface area contributed by atoms with Crippen LogP contribution in [-0.4, -0.2) is 34.5 Å². The van der Waals surface area contributed by atoms with Crippen molar-refractivity contribution in [3.63, 3.8) is 0 Å². The lowest BCUT2D eigenvalue weighted by molar-refractivity contribution is 1.06. The van der Waals surface area contributed by atoms with Crippen molar-refractivity contribution in [1.29, 1.82) is 0 Å². The summed E-state index contributed by atoms with van der Waals surface area (Å²) < 4.78 is 2.30. The van der Waals surface area contributed by atoms with Gasteiger partial charge in [0.05, 0.1) is 16.7 Å². The Labute approximate surface area is 317 Å². The van der Waals surface area contributed by atoms with Crippen molar-refractivity contribution in [1.82, 2.24) is 34.5 Å². The van der Waals surface area contributed by atoms with Gasteiger partial charge in [0.25, 0.3) is 0 Å². The zero-order valence-electron chi connectivity index (χ0n) is 29.5. The maximum Gasteiger partial charge on any atom is 0.166 e. The van der Waals surface area contributed by atoms with E-state index < -0.39 is 0 Å². The van der Waals surface area contributed by atoms with Crippen molar-refractivity contribution >= 4 is 21.8 Å². The number of benzene rings is 7. The predicted octanol–water partition coefficient (Wildman–Crippen LogP) is 11.2. The Morgan fingerprint density at radius 2 is 0.655 bits per heavy atom. The van der Waals surface area contributed by atoms with Crippen molar-refractivity contribution in [2.45, 2.75) is 0 Å². The first-order valence-corrected chi connectivity index (χ1v) is 18.1. The minimum absolute atomic E-state index is 0.595. The van der Waals surface area contributed by atoms with Crippen molar-refractivity contribution in [2.75, 3.05) is 0 Å². The van der Waals surface area contributed by atoms with Gasteiger partial charge < -0.3 is 4.57 Å². The molecule has 0 aliphatic carbocycles.